The molecular formula is C17H21FN4OS. The summed E-state index contributed by atoms with van der Waals surface area (Å²) in [5.74, 6) is 2.48. The highest BCUT2D eigenvalue weighted by Gasteiger charge is 2.03. The van der Waals surface area contributed by atoms with Gasteiger partial charge in [-0.25, -0.2) is 9.37 Å². The Hall–Kier alpha value is -2.28. The number of hydrogen-bond acceptors (Lipinski definition) is 4. The first-order valence-electron chi connectivity index (χ1n) is 7.53. The van der Waals surface area contributed by atoms with Crippen molar-refractivity contribution >= 4 is 17.7 Å². The number of halogens is 1. The van der Waals surface area contributed by atoms with Crippen LogP contribution < -0.4 is 15.4 Å². The second-order valence-electron chi connectivity index (χ2n) is 4.90. The molecule has 0 aliphatic carbocycles. The van der Waals surface area contributed by atoms with Gasteiger partial charge in [0.25, 0.3) is 0 Å². The van der Waals surface area contributed by atoms with Crippen LogP contribution in [0.25, 0.3) is 0 Å². The molecule has 0 aliphatic rings. The minimum absolute atomic E-state index is 0.298. The molecule has 0 radical (unpaired) electrons. The van der Waals surface area contributed by atoms with Gasteiger partial charge >= 0.3 is 0 Å². The second kappa shape index (κ2) is 9.77. The standard InChI is InChI=1S/C17H21FN4OS/c1-19-17(21-9-10-24-2)22-12-13-7-8-20-16(11-13)23-15-5-3-14(18)4-6-15/h3-8,11H,9-10,12H2,1-2H3,(H2,19,21,22). The number of nitrogens with one attached hydrogen (secondary N) is 2. The number of nitrogens with zero attached hydrogens (tertiary/aromatic N) is 2. The minimum Gasteiger partial charge on any atom is -0.439 e. The van der Waals surface area contributed by atoms with Crippen LogP contribution in [0.4, 0.5) is 4.39 Å². The second-order valence-corrected chi connectivity index (χ2v) is 5.89. The number of ether oxygens (including phenoxy) is 1. The Morgan fingerprint density at radius 2 is 2.04 bits per heavy atom. The predicted octanol–water partition coefficient (Wildman–Crippen LogP) is 3.04. The maximum absolute atomic E-state index is 12.9. The Balaban J connectivity index is 1.91. The van der Waals surface area contributed by atoms with Gasteiger partial charge in [-0.15, -0.1) is 0 Å². The summed E-state index contributed by atoms with van der Waals surface area (Å²) in [5, 5.41) is 6.48. The molecule has 2 aromatic rings. The molecule has 0 unspecified atom stereocenters. The number of pyridine rings is 1. The zero-order chi connectivity index (χ0) is 17.2. The minimum atomic E-state index is -0.298. The molecule has 0 amide bonds. The number of rotatable bonds is 7. The third kappa shape index (κ3) is 6.08. The topological polar surface area (TPSA) is 58.5 Å². The molecule has 5 nitrogen and oxygen atoms in total. The number of aliphatic imine (C=N–C) groups is 1. The highest BCUT2D eigenvalue weighted by Crippen LogP contribution is 2.20. The van der Waals surface area contributed by atoms with Crippen molar-refractivity contribution in [3.05, 3.63) is 54.0 Å². The smallest absolute Gasteiger partial charge is 0.219 e. The van der Waals surface area contributed by atoms with Crippen molar-refractivity contribution < 1.29 is 9.13 Å². The summed E-state index contributed by atoms with van der Waals surface area (Å²) in [5.41, 5.74) is 1.01. The maximum Gasteiger partial charge on any atom is 0.219 e. The highest BCUT2D eigenvalue weighted by molar-refractivity contribution is 7.98. The van der Waals surface area contributed by atoms with E-state index in [-0.39, 0.29) is 5.82 Å². The van der Waals surface area contributed by atoms with Crippen LogP contribution in [0, 0.1) is 5.82 Å². The molecule has 0 fully saturated rings. The van der Waals surface area contributed by atoms with Gasteiger partial charge in [0, 0.05) is 38.2 Å². The lowest BCUT2D eigenvalue weighted by Crippen LogP contribution is -2.37. The lowest BCUT2D eigenvalue weighted by molar-refractivity contribution is 0.460. The van der Waals surface area contributed by atoms with Crippen LogP contribution in [0.5, 0.6) is 11.6 Å². The van der Waals surface area contributed by atoms with Gasteiger partial charge in [-0.3, -0.25) is 4.99 Å². The first kappa shape index (κ1) is 18.1. The molecule has 1 aromatic carbocycles. The van der Waals surface area contributed by atoms with E-state index in [9.17, 15) is 4.39 Å². The van der Waals surface area contributed by atoms with E-state index in [0.717, 1.165) is 23.8 Å². The summed E-state index contributed by atoms with van der Waals surface area (Å²) in [6.45, 7) is 1.46. The SMILES string of the molecule is CN=C(NCCSC)NCc1ccnc(Oc2ccc(F)cc2)c1. The van der Waals surface area contributed by atoms with Gasteiger partial charge in [0.2, 0.25) is 5.88 Å². The van der Waals surface area contributed by atoms with Crippen LogP contribution >= 0.6 is 11.8 Å². The van der Waals surface area contributed by atoms with E-state index in [2.05, 4.69) is 26.9 Å². The van der Waals surface area contributed by atoms with E-state index in [4.69, 9.17) is 4.74 Å². The molecule has 7 heteroatoms. The summed E-state index contributed by atoms with van der Waals surface area (Å²) in [6, 6.07) is 9.58. The number of guanidine groups is 1. The van der Waals surface area contributed by atoms with E-state index in [1.54, 1.807) is 37.1 Å². The molecule has 1 heterocycles. The van der Waals surface area contributed by atoms with Crippen LogP contribution in [-0.4, -0.2) is 36.5 Å². The van der Waals surface area contributed by atoms with Crippen molar-refractivity contribution in [2.75, 3.05) is 25.6 Å². The van der Waals surface area contributed by atoms with Crippen LogP contribution in [0.2, 0.25) is 0 Å². The molecule has 0 bridgehead atoms. The van der Waals surface area contributed by atoms with Gasteiger partial charge < -0.3 is 15.4 Å². The first-order valence-corrected chi connectivity index (χ1v) is 8.92. The van der Waals surface area contributed by atoms with Crippen molar-refractivity contribution in [3.63, 3.8) is 0 Å². The van der Waals surface area contributed by atoms with Crippen molar-refractivity contribution in [2.24, 2.45) is 4.99 Å². The van der Waals surface area contributed by atoms with Gasteiger partial charge in [0.05, 0.1) is 0 Å². The fraction of sp³-hybridized carbons (Fsp3) is 0.294. The van der Waals surface area contributed by atoms with Crippen molar-refractivity contribution in [1.82, 2.24) is 15.6 Å². The normalized spacial score (nSPS) is 11.2. The first-order chi connectivity index (χ1) is 11.7. The van der Waals surface area contributed by atoms with Crippen LogP contribution in [0.15, 0.2) is 47.6 Å². The lowest BCUT2D eigenvalue weighted by atomic mass is 10.2. The summed E-state index contributed by atoms with van der Waals surface area (Å²) < 4.78 is 18.5. The van der Waals surface area contributed by atoms with Crippen LogP contribution in [0.3, 0.4) is 0 Å². The van der Waals surface area contributed by atoms with E-state index in [0.29, 0.717) is 18.2 Å². The molecule has 0 saturated heterocycles. The Labute approximate surface area is 145 Å². The average Bonchev–Trinajstić information content (AvgIpc) is 2.60. The third-order valence-corrected chi connectivity index (χ3v) is 3.73. The summed E-state index contributed by atoms with van der Waals surface area (Å²) in [6.07, 6.45) is 3.75. The molecular weight excluding hydrogens is 327 g/mol. The Kier molecular flexibility index (Phi) is 7.35. The fourth-order valence-corrected chi connectivity index (χ4v) is 2.22. The molecule has 128 valence electrons. The lowest BCUT2D eigenvalue weighted by Gasteiger charge is -2.12. The zero-order valence-electron chi connectivity index (χ0n) is 13.8. The summed E-state index contributed by atoms with van der Waals surface area (Å²) >= 11 is 1.78. The average molecular weight is 348 g/mol. The van der Waals surface area contributed by atoms with Crippen molar-refractivity contribution in [2.45, 2.75) is 6.54 Å². The van der Waals surface area contributed by atoms with E-state index in [1.165, 1.54) is 12.1 Å². The molecule has 0 atom stereocenters. The molecule has 2 rings (SSSR count). The number of hydrogen-bond donors (Lipinski definition) is 2. The summed E-state index contributed by atoms with van der Waals surface area (Å²) in [7, 11) is 1.74. The van der Waals surface area contributed by atoms with Gasteiger partial charge in [0.1, 0.15) is 11.6 Å². The Morgan fingerprint density at radius 3 is 2.75 bits per heavy atom. The molecule has 24 heavy (non-hydrogen) atoms. The van der Waals surface area contributed by atoms with E-state index >= 15 is 0 Å². The van der Waals surface area contributed by atoms with Gasteiger partial charge in [-0.05, 0) is 42.2 Å². The number of aromatic nitrogens is 1. The quantitative estimate of drug-likeness (QED) is 0.458. The van der Waals surface area contributed by atoms with Gasteiger partial charge in [0.15, 0.2) is 5.96 Å². The van der Waals surface area contributed by atoms with Crippen LogP contribution in [0.1, 0.15) is 5.56 Å². The fourth-order valence-electron chi connectivity index (χ4n) is 1.92. The highest BCUT2D eigenvalue weighted by atomic mass is 32.2. The molecule has 0 spiro atoms. The molecule has 0 aliphatic heterocycles. The van der Waals surface area contributed by atoms with E-state index < -0.39 is 0 Å². The number of benzene rings is 1. The zero-order valence-corrected chi connectivity index (χ0v) is 14.6. The Morgan fingerprint density at radius 1 is 1.25 bits per heavy atom. The third-order valence-electron chi connectivity index (χ3n) is 3.12. The summed E-state index contributed by atoms with van der Waals surface area (Å²) in [4.78, 5) is 8.35. The van der Waals surface area contributed by atoms with E-state index in [1.807, 2.05) is 12.1 Å². The van der Waals surface area contributed by atoms with Crippen LogP contribution in [-0.2, 0) is 6.54 Å². The number of thioether (sulfide) groups is 1. The van der Waals surface area contributed by atoms with Crippen molar-refractivity contribution in [1.29, 1.82) is 0 Å². The van der Waals surface area contributed by atoms with Gasteiger partial charge in [-0.1, -0.05) is 0 Å². The van der Waals surface area contributed by atoms with Gasteiger partial charge in [-0.2, -0.15) is 11.8 Å². The molecule has 1 aromatic heterocycles. The molecule has 0 saturated carbocycles. The molecule has 2 N–H and O–H groups in total. The largest absolute Gasteiger partial charge is 0.439 e. The maximum atomic E-state index is 12.9. The Bertz CT molecular complexity index is 664. The van der Waals surface area contributed by atoms with Crippen molar-refractivity contribution in [3.8, 4) is 11.6 Å². The predicted molar refractivity (Wildman–Crippen MR) is 97.3 cm³/mol. The monoisotopic (exact) mass is 348 g/mol.